The van der Waals surface area contributed by atoms with Crippen LogP contribution < -0.4 is 10.6 Å². The Hall–Kier alpha value is -0.810. The molecule has 134 valence electrons. The molecule has 0 aromatic rings. The van der Waals surface area contributed by atoms with Gasteiger partial charge < -0.3 is 20.1 Å². The van der Waals surface area contributed by atoms with Gasteiger partial charge in [-0.3, -0.25) is 4.99 Å². The number of hydrogen-bond acceptors (Lipinski definition) is 3. The lowest BCUT2D eigenvalue weighted by atomic mass is 10.0. The fourth-order valence-electron chi connectivity index (χ4n) is 2.60. The van der Waals surface area contributed by atoms with E-state index >= 15 is 0 Å². The van der Waals surface area contributed by atoms with Crippen LogP contribution in [0.5, 0.6) is 0 Å². The van der Waals surface area contributed by atoms with Crippen LogP contribution in [0.2, 0.25) is 0 Å². The zero-order valence-electron chi connectivity index (χ0n) is 15.0. The second-order valence-corrected chi connectivity index (χ2v) is 6.94. The summed E-state index contributed by atoms with van der Waals surface area (Å²) in [6.07, 6.45) is 7.47. The zero-order valence-corrected chi connectivity index (χ0v) is 15.0. The minimum absolute atomic E-state index is 0.408. The Kier molecular flexibility index (Phi) is 8.17. The number of hydrogen-bond donors (Lipinski definition) is 2. The Morgan fingerprint density at radius 2 is 1.96 bits per heavy atom. The van der Waals surface area contributed by atoms with Gasteiger partial charge in [0.1, 0.15) is 0 Å². The second-order valence-electron chi connectivity index (χ2n) is 6.94. The van der Waals surface area contributed by atoms with Crippen molar-refractivity contribution in [3.05, 3.63) is 0 Å². The molecule has 2 saturated carbocycles. The van der Waals surface area contributed by atoms with E-state index in [4.69, 9.17) is 14.5 Å². The van der Waals surface area contributed by atoms with Crippen molar-refractivity contribution in [3.63, 3.8) is 0 Å². The predicted octanol–water partition coefficient (Wildman–Crippen LogP) is 2.57. The highest BCUT2D eigenvalue weighted by molar-refractivity contribution is 5.79. The molecule has 0 unspecified atom stereocenters. The first-order chi connectivity index (χ1) is 11.3. The van der Waals surface area contributed by atoms with Gasteiger partial charge in [-0.25, -0.2) is 0 Å². The molecule has 0 atom stereocenters. The van der Waals surface area contributed by atoms with E-state index in [9.17, 15) is 0 Å². The van der Waals surface area contributed by atoms with E-state index in [1.54, 1.807) is 0 Å². The molecular formula is C18H35N3O2. The Bertz CT molecular complexity index is 352. The summed E-state index contributed by atoms with van der Waals surface area (Å²) in [4.78, 5) is 4.78. The molecule has 2 N–H and O–H groups in total. The normalized spacial score (nSPS) is 19.7. The van der Waals surface area contributed by atoms with Crippen LogP contribution in [0.3, 0.4) is 0 Å². The number of nitrogens with one attached hydrogen (secondary N) is 2. The van der Waals surface area contributed by atoms with Gasteiger partial charge in [0, 0.05) is 46.1 Å². The van der Waals surface area contributed by atoms with E-state index in [-0.39, 0.29) is 0 Å². The van der Waals surface area contributed by atoms with Crippen molar-refractivity contribution in [3.8, 4) is 0 Å². The maximum Gasteiger partial charge on any atom is 0.191 e. The van der Waals surface area contributed by atoms with Gasteiger partial charge in [-0.05, 0) is 63.7 Å². The molecular weight excluding hydrogens is 290 g/mol. The third kappa shape index (κ3) is 8.02. The van der Waals surface area contributed by atoms with Crippen LogP contribution in [0.4, 0.5) is 0 Å². The first-order valence-corrected chi connectivity index (χ1v) is 9.45. The molecule has 2 fully saturated rings. The molecule has 0 aromatic carbocycles. The molecule has 0 spiro atoms. The molecule has 23 heavy (non-hydrogen) atoms. The lowest BCUT2D eigenvalue weighted by Crippen LogP contribution is -2.38. The molecule has 5 nitrogen and oxygen atoms in total. The van der Waals surface area contributed by atoms with Crippen LogP contribution in [0, 0.1) is 11.3 Å². The molecule has 0 radical (unpaired) electrons. The minimum atomic E-state index is 0.408. The average molecular weight is 325 g/mol. The smallest absolute Gasteiger partial charge is 0.191 e. The number of aliphatic imine (C=N–C) groups is 1. The van der Waals surface area contributed by atoms with Gasteiger partial charge in [-0.2, -0.15) is 0 Å². The van der Waals surface area contributed by atoms with Crippen LogP contribution in [-0.4, -0.2) is 52.0 Å². The Labute approximate surface area is 141 Å². The van der Waals surface area contributed by atoms with Crippen molar-refractivity contribution in [2.24, 2.45) is 16.3 Å². The molecule has 0 amide bonds. The largest absolute Gasteiger partial charge is 0.382 e. The van der Waals surface area contributed by atoms with E-state index in [0.29, 0.717) is 5.41 Å². The SMILES string of the molecule is CCNC(=NCC1(CCOCC)CC1)NCCCOCC1CC1. The molecule has 2 aliphatic carbocycles. The fourth-order valence-corrected chi connectivity index (χ4v) is 2.60. The van der Waals surface area contributed by atoms with Gasteiger partial charge in [0.05, 0.1) is 0 Å². The summed E-state index contributed by atoms with van der Waals surface area (Å²) < 4.78 is 11.2. The third-order valence-electron chi connectivity index (χ3n) is 4.66. The fraction of sp³-hybridized carbons (Fsp3) is 0.944. The molecule has 2 rings (SSSR count). The number of ether oxygens (including phenoxy) is 2. The standard InChI is InChI=1S/C18H35N3O2/c1-3-19-17(20-11-5-12-23-14-16-6-7-16)21-15-18(8-9-18)10-13-22-4-2/h16H,3-15H2,1-2H3,(H2,19,20,21). The highest BCUT2D eigenvalue weighted by atomic mass is 16.5. The van der Waals surface area contributed by atoms with Crippen molar-refractivity contribution in [2.45, 2.75) is 52.4 Å². The maximum absolute atomic E-state index is 5.66. The summed E-state index contributed by atoms with van der Waals surface area (Å²) in [5, 5.41) is 6.76. The Balaban J connectivity index is 1.59. The van der Waals surface area contributed by atoms with Crippen LogP contribution in [0.1, 0.15) is 52.4 Å². The summed E-state index contributed by atoms with van der Waals surface area (Å²) >= 11 is 0. The summed E-state index contributed by atoms with van der Waals surface area (Å²) in [5.74, 6) is 1.80. The van der Waals surface area contributed by atoms with Crippen molar-refractivity contribution >= 4 is 5.96 Å². The van der Waals surface area contributed by atoms with E-state index in [1.165, 1.54) is 25.7 Å². The van der Waals surface area contributed by atoms with Crippen molar-refractivity contribution in [1.82, 2.24) is 10.6 Å². The average Bonchev–Trinajstić information content (AvgIpc) is 3.45. The summed E-state index contributed by atoms with van der Waals surface area (Å²) in [7, 11) is 0. The van der Waals surface area contributed by atoms with Crippen molar-refractivity contribution in [1.29, 1.82) is 0 Å². The Morgan fingerprint density at radius 1 is 1.13 bits per heavy atom. The molecule has 0 saturated heterocycles. The van der Waals surface area contributed by atoms with Crippen LogP contribution in [-0.2, 0) is 9.47 Å². The van der Waals surface area contributed by atoms with E-state index in [1.807, 2.05) is 0 Å². The zero-order chi connectivity index (χ0) is 16.4. The highest BCUT2D eigenvalue weighted by Crippen LogP contribution is 2.48. The van der Waals surface area contributed by atoms with Gasteiger partial charge in [-0.1, -0.05) is 0 Å². The lowest BCUT2D eigenvalue weighted by Gasteiger charge is -2.15. The van der Waals surface area contributed by atoms with E-state index in [0.717, 1.165) is 70.8 Å². The molecule has 0 aromatic heterocycles. The van der Waals surface area contributed by atoms with Gasteiger partial charge in [0.25, 0.3) is 0 Å². The Morgan fingerprint density at radius 3 is 2.61 bits per heavy atom. The highest BCUT2D eigenvalue weighted by Gasteiger charge is 2.41. The number of nitrogens with zero attached hydrogens (tertiary/aromatic N) is 1. The number of rotatable bonds is 13. The molecule has 0 bridgehead atoms. The van der Waals surface area contributed by atoms with Crippen LogP contribution in [0.15, 0.2) is 4.99 Å². The monoisotopic (exact) mass is 325 g/mol. The summed E-state index contributed by atoms with van der Waals surface area (Å²) in [6, 6.07) is 0. The molecule has 2 aliphatic rings. The topological polar surface area (TPSA) is 54.9 Å². The van der Waals surface area contributed by atoms with E-state index in [2.05, 4.69) is 24.5 Å². The van der Waals surface area contributed by atoms with Crippen molar-refractivity contribution in [2.75, 3.05) is 46.1 Å². The van der Waals surface area contributed by atoms with Crippen molar-refractivity contribution < 1.29 is 9.47 Å². The first-order valence-electron chi connectivity index (χ1n) is 9.45. The lowest BCUT2D eigenvalue weighted by molar-refractivity contribution is 0.123. The quantitative estimate of drug-likeness (QED) is 0.310. The van der Waals surface area contributed by atoms with Crippen LogP contribution in [0.25, 0.3) is 0 Å². The van der Waals surface area contributed by atoms with Gasteiger partial charge in [0.2, 0.25) is 0 Å². The maximum atomic E-state index is 5.66. The van der Waals surface area contributed by atoms with Gasteiger partial charge in [-0.15, -0.1) is 0 Å². The van der Waals surface area contributed by atoms with Gasteiger partial charge >= 0.3 is 0 Å². The minimum Gasteiger partial charge on any atom is -0.382 e. The van der Waals surface area contributed by atoms with Gasteiger partial charge in [0.15, 0.2) is 5.96 Å². The molecule has 5 heteroatoms. The first kappa shape index (κ1) is 18.5. The third-order valence-corrected chi connectivity index (χ3v) is 4.66. The predicted molar refractivity (Wildman–Crippen MR) is 94.9 cm³/mol. The van der Waals surface area contributed by atoms with E-state index < -0.39 is 0 Å². The number of guanidine groups is 1. The van der Waals surface area contributed by atoms with Crippen LogP contribution >= 0.6 is 0 Å². The molecule has 0 aliphatic heterocycles. The molecule has 0 heterocycles. The summed E-state index contributed by atoms with van der Waals surface area (Å²) in [5.41, 5.74) is 0.408. The summed E-state index contributed by atoms with van der Waals surface area (Å²) in [6.45, 7) is 10.4. The second kappa shape index (κ2) is 10.1.